The van der Waals surface area contributed by atoms with Crippen LogP contribution >= 0.6 is 0 Å². The first-order valence-corrected chi connectivity index (χ1v) is 8.94. The van der Waals surface area contributed by atoms with Crippen LogP contribution in [0.15, 0.2) is 16.5 Å². The Morgan fingerprint density at radius 3 is 2.73 bits per heavy atom. The molecule has 0 unspecified atom stereocenters. The quantitative estimate of drug-likeness (QED) is 0.747. The molecule has 1 saturated heterocycles. The van der Waals surface area contributed by atoms with E-state index < -0.39 is 16.0 Å². The highest BCUT2D eigenvalue weighted by molar-refractivity contribution is 7.89. The third kappa shape index (κ3) is 4.08. The monoisotopic (exact) mass is 330 g/mol. The van der Waals surface area contributed by atoms with Gasteiger partial charge < -0.3 is 9.15 Å². The fourth-order valence-corrected chi connectivity index (χ4v) is 3.59. The summed E-state index contributed by atoms with van der Waals surface area (Å²) < 4.78 is 35.4. The van der Waals surface area contributed by atoms with Gasteiger partial charge in [0.15, 0.2) is 0 Å². The van der Waals surface area contributed by atoms with Gasteiger partial charge in [0.05, 0.1) is 19.4 Å². The SMILES string of the molecule is CCS(=O)(=O)N1CCCN(Cc2ccc(C(=O)OC)o2)CC1. The van der Waals surface area contributed by atoms with Gasteiger partial charge in [-0.3, -0.25) is 4.90 Å². The topological polar surface area (TPSA) is 80.1 Å². The van der Waals surface area contributed by atoms with Crippen LogP contribution in [0.5, 0.6) is 0 Å². The number of carbonyl (C=O) groups is 1. The molecule has 2 rings (SSSR count). The highest BCUT2D eigenvalue weighted by Crippen LogP contribution is 2.14. The Hall–Kier alpha value is -1.38. The Morgan fingerprint density at radius 1 is 1.27 bits per heavy atom. The Morgan fingerprint density at radius 2 is 2.05 bits per heavy atom. The fraction of sp³-hybridized carbons (Fsp3) is 0.643. The van der Waals surface area contributed by atoms with E-state index in [0.29, 0.717) is 31.9 Å². The van der Waals surface area contributed by atoms with E-state index in [-0.39, 0.29) is 11.5 Å². The second kappa shape index (κ2) is 7.26. The van der Waals surface area contributed by atoms with Crippen molar-refractivity contribution in [1.29, 1.82) is 0 Å². The number of hydrogen-bond donors (Lipinski definition) is 0. The van der Waals surface area contributed by atoms with Crippen molar-refractivity contribution in [3.05, 3.63) is 23.7 Å². The third-order valence-corrected chi connectivity index (χ3v) is 5.61. The van der Waals surface area contributed by atoms with E-state index >= 15 is 0 Å². The number of methoxy groups -OCH3 is 1. The number of furan rings is 1. The molecular formula is C14H22N2O5S. The number of esters is 1. The van der Waals surface area contributed by atoms with Crippen molar-refractivity contribution < 1.29 is 22.4 Å². The van der Waals surface area contributed by atoms with Crippen molar-refractivity contribution in [2.45, 2.75) is 19.9 Å². The molecule has 0 spiro atoms. The summed E-state index contributed by atoms with van der Waals surface area (Å²) in [6.45, 7) is 4.70. The average Bonchev–Trinajstić information content (AvgIpc) is 2.84. The molecule has 7 nitrogen and oxygen atoms in total. The van der Waals surface area contributed by atoms with Gasteiger partial charge in [0, 0.05) is 19.6 Å². The smallest absolute Gasteiger partial charge is 0.373 e. The van der Waals surface area contributed by atoms with Gasteiger partial charge in [0.2, 0.25) is 15.8 Å². The van der Waals surface area contributed by atoms with Gasteiger partial charge >= 0.3 is 5.97 Å². The number of carbonyl (C=O) groups excluding carboxylic acids is 1. The van der Waals surface area contributed by atoms with Gasteiger partial charge in [-0.1, -0.05) is 0 Å². The zero-order valence-electron chi connectivity index (χ0n) is 12.9. The van der Waals surface area contributed by atoms with Crippen LogP contribution in [0, 0.1) is 0 Å². The summed E-state index contributed by atoms with van der Waals surface area (Å²) in [6.07, 6.45) is 0.782. The van der Waals surface area contributed by atoms with Crippen LogP contribution in [-0.2, 0) is 21.3 Å². The highest BCUT2D eigenvalue weighted by Gasteiger charge is 2.24. The van der Waals surface area contributed by atoms with E-state index in [9.17, 15) is 13.2 Å². The van der Waals surface area contributed by atoms with Crippen LogP contribution in [0.3, 0.4) is 0 Å². The van der Waals surface area contributed by atoms with Crippen molar-refractivity contribution in [2.75, 3.05) is 39.0 Å². The molecule has 0 aromatic carbocycles. The van der Waals surface area contributed by atoms with Crippen LogP contribution < -0.4 is 0 Å². The summed E-state index contributed by atoms with van der Waals surface area (Å²) in [5, 5.41) is 0. The maximum Gasteiger partial charge on any atom is 0.373 e. The highest BCUT2D eigenvalue weighted by atomic mass is 32.2. The summed E-state index contributed by atoms with van der Waals surface area (Å²) in [6, 6.07) is 3.34. The van der Waals surface area contributed by atoms with Gasteiger partial charge in [-0.2, -0.15) is 0 Å². The predicted molar refractivity (Wildman–Crippen MR) is 81.0 cm³/mol. The first-order chi connectivity index (χ1) is 10.5. The fourth-order valence-electron chi connectivity index (χ4n) is 2.46. The molecule has 124 valence electrons. The molecule has 0 N–H and O–H groups in total. The molecule has 1 aromatic rings. The molecule has 0 amide bonds. The molecule has 1 aliphatic rings. The van der Waals surface area contributed by atoms with Crippen LogP contribution in [0.2, 0.25) is 0 Å². The maximum absolute atomic E-state index is 11.9. The Bertz CT molecular complexity index is 611. The lowest BCUT2D eigenvalue weighted by molar-refractivity contribution is 0.0561. The van der Waals surface area contributed by atoms with Gasteiger partial charge in [-0.15, -0.1) is 0 Å². The van der Waals surface area contributed by atoms with Crippen molar-refractivity contribution in [2.24, 2.45) is 0 Å². The molecular weight excluding hydrogens is 308 g/mol. The molecule has 1 aliphatic heterocycles. The number of nitrogens with zero attached hydrogens (tertiary/aromatic N) is 2. The average molecular weight is 330 g/mol. The zero-order chi connectivity index (χ0) is 16.2. The van der Waals surface area contributed by atoms with E-state index in [0.717, 1.165) is 13.0 Å². The van der Waals surface area contributed by atoms with Gasteiger partial charge in [-0.25, -0.2) is 17.5 Å². The van der Waals surface area contributed by atoms with E-state index in [1.54, 1.807) is 23.4 Å². The molecule has 0 bridgehead atoms. The predicted octanol–water partition coefficient (Wildman–Crippen LogP) is 0.924. The zero-order valence-corrected chi connectivity index (χ0v) is 13.8. The molecule has 22 heavy (non-hydrogen) atoms. The van der Waals surface area contributed by atoms with Crippen molar-refractivity contribution in [3.63, 3.8) is 0 Å². The molecule has 0 saturated carbocycles. The lowest BCUT2D eigenvalue weighted by Gasteiger charge is -2.20. The van der Waals surface area contributed by atoms with Gasteiger partial charge in [-0.05, 0) is 32.0 Å². The summed E-state index contributed by atoms with van der Waals surface area (Å²) in [5.74, 6) is 0.491. The molecule has 0 aliphatic carbocycles. The lowest BCUT2D eigenvalue weighted by Crippen LogP contribution is -2.35. The van der Waals surface area contributed by atoms with E-state index in [1.807, 2.05) is 0 Å². The van der Waals surface area contributed by atoms with E-state index in [4.69, 9.17) is 4.42 Å². The van der Waals surface area contributed by atoms with Crippen LogP contribution in [0.25, 0.3) is 0 Å². The minimum atomic E-state index is -3.13. The van der Waals surface area contributed by atoms with Crippen LogP contribution in [0.1, 0.15) is 29.7 Å². The second-order valence-corrected chi connectivity index (χ2v) is 7.44. The molecule has 1 fully saturated rings. The summed E-state index contributed by atoms with van der Waals surface area (Å²) in [5.41, 5.74) is 0. The number of ether oxygens (including phenoxy) is 1. The molecule has 8 heteroatoms. The number of hydrogen-bond acceptors (Lipinski definition) is 6. The molecule has 0 atom stereocenters. The largest absolute Gasteiger partial charge is 0.463 e. The number of rotatable bonds is 5. The number of sulfonamides is 1. The standard InChI is InChI=1S/C14H22N2O5S/c1-3-22(18,19)16-8-4-7-15(9-10-16)11-12-5-6-13(21-12)14(17)20-2/h5-6H,3-4,7-11H2,1-2H3. The minimum absolute atomic E-state index is 0.133. The Kier molecular flexibility index (Phi) is 5.60. The van der Waals surface area contributed by atoms with Crippen molar-refractivity contribution >= 4 is 16.0 Å². The van der Waals surface area contributed by atoms with Crippen LogP contribution in [0.4, 0.5) is 0 Å². The van der Waals surface area contributed by atoms with Crippen LogP contribution in [-0.4, -0.2) is 62.6 Å². The van der Waals surface area contributed by atoms with Gasteiger partial charge in [0.25, 0.3) is 0 Å². The Labute approximate surface area is 130 Å². The van der Waals surface area contributed by atoms with Crippen molar-refractivity contribution in [3.8, 4) is 0 Å². The maximum atomic E-state index is 11.9. The first kappa shape index (κ1) is 17.0. The van der Waals surface area contributed by atoms with Gasteiger partial charge in [0.1, 0.15) is 5.76 Å². The molecule has 1 aromatic heterocycles. The first-order valence-electron chi connectivity index (χ1n) is 7.33. The lowest BCUT2D eigenvalue weighted by atomic mass is 10.3. The summed E-state index contributed by atoms with van der Waals surface area (Å²) >= 11 is 0. The molecule has 2 heterocycles. The second-order valence-electron chi connectivity index (χ2n) is 5.19. The van der Waals surface area contributed by atoms with E-state index in [1.165, 1.54) is 7.11 Å². The third-order valence-electron chi connectivity index (χ3n) is 3.73. The normalized spacial score (nSPS) is 18.1. The Balaban J connectivity index is 1.95. The van der Waals surface area contributed by atoms with E-state index in [2.05, 4.69) is 9.64 Å². The molecule has 0 radical (unpaired) electrons. The summed E-state index contributed by atoms with van der Waals surface area (Å²) in [7, 11) is -1.82. The minimum Gasteiger partial charge on any atom is -0.463 e. The summed E-state index contributed by atoms with van der Waals surface area (Å²) in [4.78, 5) is 13.5. The van der Waals surface area contributed by atoms with Crippen molar-refractivity contribution in [1.82, 2.24) is 9.21 Å².